The first kappa shape index (κ1) is 20.0. The number of fused-ring (bicyclic) bond motifs is 1. The van der Waals surface area contributed by atoms with Crippen LogP contribution in [0.2, 0.25) is 0 Å². The molecule has 0 aliphatic carbocycles. The number of methoxy groups -OCH3 is 1. The third-order valence-corrected chi connectivity index (χ3v) is 4.82. The summed E-state index contributed by atoms with van der Waals surface area (Å²) in [6, 6.07) is 7.80. The van der Waals surface area contributed by atoms with E-state index in [9.17, 15) is 9.59 Å². The first-order chi connectivity index (χ1) is 13.6. The van der Waals surface area contributed by atoms with Crippen LogP contribution in [0.25, 0.3) is 10.9 Å². The molecule has 2 amide bonds. The molecule has 28 heavy (non-hydrogen) atoms. The van der Waals surface area contributed by atoms with Crippen LogP contribution >= 0.6 is 0 Å². The van der Waals surface area contributed by atoms with Gasteiger partial charge in [0.2, 0.25) is 0 Å². The zero-order valence-corrected chi connectivity index (χ0v) is 16.4. The summed E-state index contributed by atoms with van der Waals surface area (Å²) in [5, 5.41) is 0.971. The molecule has 1 saturated heterocycles. The molecule has 0 saturated carbocycles. The second-order valence-electron chi connectivity index (χ2n) is 6.55. The van der Waals surface area contributed by atoms with Crippen LogP contribution in [0.5, 0.6) is 5.75 Å². The van der Waals surface area contributed by atoms with Gasteiger partial charge in [-0.2, -0.15) is 0 Å². The van der Waals surface area contributed by atoms with Crippen molar-refractivity contribution in [2.75, 3.05) is 53.1 Å². The maximum atomic E-state index is 12.5. The smallest absolute Gasteiger partial charge is 0.409 e. The lowest BCUT2D eigenvalue weighted by atomic mass is 10.2. The molecule has 0 atom stereocenters. The van der Waals surface area contributed by atoms with Gasteiger partial charge >= 0.3 is 6.09 Å². The number of benzene rings is 1. The Balaban J connectivity index is 1.55. The average molecular weight is 389 g/mol. The van der Waals surface area contributed by atoms with Crippen molar-refractivity contribution < 1.29 is 23.8 Å². The molecule has 0 radical (unpaired) electrons. The van der Waals surface area contributed by atoms with Gasteiger partial charge in [0.1, 0.15) is 5.75 Å². The summed E-state index contributed by atoms with van der Waals surface area (Å²) in [6.45, 7) is 5.41. The normalized spacial score (nSPS) is 14.4. The SMILES string of the molecule is CCOC(=O)N1CCN(C(=O)COc2cccc3c2ccn3CCOC)CC1. The van der Waals surface area contributed by atoms with Crippen molar-refractivity contribution in [3.8, 4) is 5.75 Å². The van der Waals surface area contributed by atoms with Gasteiger partial charge in [-0.05, 0) is 25.1 Å². The Labute approximate surface area is 164 Å². The second kappa shape index (κ2) is 9.45. The molecule has 8 nitrogen and oxygen atoms in total. The molecule has 152 valence electrons. The van der Waals surface area contributed by atoms with E-state index < -0.39 is 0 Å². The van der Waals surface area contributed by atoms with Crippen molar-refractivity contribution in [1.82, 2.24) is 14.4 Å². The van der Waals surface area contributed by atoms with Crippen LogP contribution in [0.4, 0.5) is 4.79 Å². The Morgan fingerprint density at radius 2 is 1.82 bits per heavy atom. The lowest BCUT2D eigenvalue weighted by Gasteiger charge is -2.33. The summed E-state index contributed by atoms with van der Waals surface area (Å²) in [5.74, 6) is 0.603. The van der Waals surface area contributed by atoms with E-state index in [1.54, 1.807) is 23.8 Å². The minimum Gasteiger partial charge on any atom is -0.483 e. The number of aromatic nitrogens is 1. The Hall–Kier alpha value is -2.74. The number of ether oxygens (including phenoxy) is 3. The second-order valence-corrected chi connectivity index (χ2v) is 6.55. The molecular formula is C20H27N3O5. The standard InChI is InChI=1S/C20H27N3O5/c1-3-27-20(25)23-11-9-22(10-12-23)19(24)15-28-18-6-4-5-17-16(18)7-8-21(17)13-14-26-2/h4-8H,3,9-15H2,1-2H3. The highest BCUT2D eigenvalue weighted by Crippen LogP contribution is 2.26. The van der Waals surface area contributed by atoms with Crippen LogP contribution in [0, 0.1) is 0 Å². The summed E-state index contributed by atoms with van der Waals surface area (Å²) >= 11 is 0. The van der Waals surface area contributed by atoms with Crippen LogP contribution in [0.1, 0.15) is 6.92 Å². The zero-order chi connectivity index (χ0) is 19.9. The molecule has 1 aliphatic heterocycles. The molecule has 1 aromatic carbocycles. The van der Waals surface area contributed by atoms with E-state index in [0.717, 1.165) is 17.4 Å². The molecule has 0 bridgehead atoms. The maximum absolute atomic E-state index is 12.5. The van der Waals surface area contributed by atoms with Crippen LogP contribution in [-0.4, -0.2) is 79.5 Å². The van der Waals surface area contributed by atoms with Gasteiger partial charge in [-0.3, -0.25) is 4.79 Å². The van der Waals surface area contributed by atoms with Gasteiger partial charge in [0.05, 0.1) is 18.7 Å². The quantitative estimate of drug-likeness (QED) is 0.724. The fourth-order valence-corrected chi connectivity index (χ4v) is 3.29. The minimum absolute atomic E-state index is 0.0260. The average Bonchev–Trinajstić information content (AvgIpc) is 3.14. The van der Waals surface area contributed by atoms with Crippen molar-refractivity contribution in [2.45, 2.75) is 13.5 Å². The highest BCUT2D eigenvalue weighted by atomic mass is 16.6. The molecule has 1 aromatic heterocycles. The van der Waals surface area contributed by atoms with Crippen molar-refractivity contribution in [3.63, 3.8) is 0 Å². The molecule has 0 unspecified atom stereocenters. The van der Waals surface area contributed by atoms with E-state index >= 15 is 0 Å². The predicted octanol–water partition coefficient (Wildman–Crippen LogP) is 1.97. The monoisotopic (exact) mass is 389 g/mol. The van der Waals surface area contributed by atoms with Gasteiger partial charge in [-0.25, -0.2) is 4.79 Å². The minimum atomic E-state index is -0.324. The van der Waals surface area contributed by atoms with Gasteiger partial charge in [0, 0.05) is 51.4 Å². The number of piperazine rings is 1. The van der Waals surface area contributed by atoms with E-state index in [2.05, 4.69) is 4.57 Å². The van der Waals surface area contributed by atoms with Crippen LogP contribution in [-0.2, 0) is 20.8 Å². The molecule has 8 heteroatoms. The lowest BCUT2D eigenvalue weighted by molar-refractivity contribution is -0.134. The van der Waals surface area contributed by atoms with E-state index in [1.807, 2.05) is 30.5 Å². The summed E-state index contributed by atoms with van der Waals surface area (Å²) in [5.41, 5.74) is 1.05. The van der Waals surface area contributed by atoms with E-state index in [4.69, 9.17) is 14.2 Å². The van der Waals surface area contributed by atoms with E-state index in [1.165, 1.54) is 0 Å². The van der Waals surface area contributed by atoms with Gasteiger partial charge in [-0.1, -0.05) is 6.07 Å². The first-order valence-corrected chi connectivity index (χ1v) is 9.53. The van der Waals surface area contributed by atoms with Crippen molar-refractivity contribution >= 4 is 22.9 Å². The molecule has 0 spiro atoms. The number of carbonyl (C=O) groups excluding carboxylic acids is 2. The van der Waals surface area contributed by atoms with Crippen LogP contribution in [0.3, 0.4) is 0 Å². The van der Waals surface area contributed by atoms with Crippen LogP contribution < -0.4 is 4.74 Å². The number of rotatable bonds is 7. The summed E-state index contributed by atoms with van der Waals surface area (Å²) in [6.07, 6.45) is 1.67. The number of hydrogen-bond acceptors (Lipinski definition) is 5. The van der Waals surface area contributed by atoms with Gasteiger partial charge < -0.3 is 28.6 Å². The highest BCUT2D eigenvalue weighted by Gasteiger charge is 2.25. The Morgan fingerprint density at radius 3 is 2.54 bits per heavy atom. The number of hydrogen-bond donors (Lipinski definition) is 0. The van der Waals surface area contributed by atoms with Gasteiger partial charge in [-0.15, -0.1) is 0 Å². The fraction of sp³-hybridized carbons (Fsp3) is 0.500. The molecule has 1 aliphatic rings. The maximum Gasteiger partial charge on any atom is 0.409 e. The Kier molecular flexibility index (Phi) is 6.76. The summed E-state index contributed by atoms with van der Waals surface area (Å²) < 4.78 is 18.1. The van der Waals surface area contributed by atoms with E-state index in [-0.39, 0.29) is 18.6 Å². The molecule has 2 aromatic rings. The third-order valence-electron chi connectivity index (χ3n) is 4.82. The van der Waals surface area contributed by atoms with Crippen LogP contribution in [0.15, 0.2) is 30.5 Å². The molecule has 2 heterocycles. The largest absolute Gasteiger partial charge is 0.483 e. The van der Waals surface area contributed by atoms with Crippen molar-refractivity contribution in [3.05, 3.63) is 30.5 Å². The van der Waals surface area contributed by atoms with Crippen molar-refractivity contribution in [1.29, 1.82) is 0 Å². The number of carbonyl (C=O) groups is 2. The topological polar surface area (TPSA) is 73.2 Å². The molecule has 1 fully saturated rings. The zero-order valence-electron chi connectivity index (χ0n) is 16.4. The van der Waals surface area contributed by atoms with Crippen molar-refractivity contribution in [2.24, 2.45) is 0 Å². The number of amides is 2. The summed E-state index contributed by atoms with van der Waals surface area (Å²) in [7, 11) is 1.68. The molecule has 3 rings (SSSR count). The predicted molar refractivity (Wildman–Crippen MR) is 104 cm³/mol. The molecular weight excluding hydrogens is 362 g/mol. The van der Waals surface area contributed by atoms with Gasteiger partial charge in [0.25, 0.3) is 5.91 Å². The third kappa shape index (κ3) is 4.56. The van der Waals surface area contributed by atoms with Gasteiger partial charge in [0.15, 0.2) is 6.61 Å². The fourth-order valence-electron chi connectivity index (χ4n) is 3.29. The Bertz CT molecular complexity index is 811. The highest BCUT2D eigenvalue weighted by molar-refractivity contribution is 5.87. The Morgan fingerprint density at radius 1 is 1.07 bits per heavy atom. The van der Waals surface area contributed by atoms with E-state index in [0.29, 0.717) is 45.1 Å². The lowest BCUT2D eigenvalue weighted by Crippen LogP contribution is -2.51. The first-order valence-electron chi connectivity index (χ1n) is 9.53. The molecule has 0 N–H and O–H groups in total. The number of nitrogens with zero attached hydrogens (tertiary/aromatic N) is 3. The summed E-state index contributed by atoms with van der Waals surface area (Å²) in [4.78, 5) is 27.6.